The fourth-order valence-electron chi connectivity index (χ4n) is 3.09. The van der Waals surface area contributed by atoms with Crippen molar-refractivity contribution in [2.75, 3.05) is 5.75 Å². The molecule has 0 amide bonds. The van der Waals surface area contributed by atoms with E-state index in [1.54, 1.807) is 0 Å². The molecule has 88 valence electrons. The first-order chi connectivity index (χ1) is 7.07. The Kier molecular flexibility index (Phi) is 3.67. The van der Waals surface area contributed by atoms with Crippen LogP contribution in [0.25, 0.3) is 0 Å². The molecule has 3 atom stereocenters. The molecule has 1 saturated heterocycles. The SMILES string of the molecule is CC1SCCC1NC1CCCC(C)(C)C1. The second-order valence-electron chi connectivity index (χ2n) is 6.10. The molecular formula is C13H25NS. The Hall–Kier alpha value is 0.310. The van der Waals surface area contributed by atoms with Crippen molar-refractivity contribution >= 4 is 11.8 Å². The van der Waals surface area contributed by atoms with Gasteiger partial charge in [0.05, 0.1) is 0 Å². The quantitative estimate of drug-likeness (QED) is 0.775. The largest absolute Gasteiger partial charge is 0.310 e. The first-order valence-corrected chi connectivity index (χ1v) is 7.49. The van der Waals surface area contributed by atoms with Crippen LogP contribution in [0.2, 0.25) is 0 Å². The second-order valence-corrected chi connectivity index (χ2v) is 7.58. The monoisotopic (exact) mass is 227 g/mol. The summed E-state index contributed by atoms with van der Waals surface area (Å²) in [5.41, 5.74) is 0.574. The zero-order valence-corrected chi connectivity index (χ0v) is 11.2. The molecule has 1 nitrogen and oxygen atoms in total. The molecule has 15 heavy (non-hydrogen) atoms. The van der Waals surface area contributed by atoms with Gasteiger partial charge in [0.1, 0.15) is 0 Å². The van der Waals surface area contributed by atoms with Crippen LogP contribution in [0.4, 0.5) is 0 Å². The summed E-state index contributed by atoms with van der Waals surface area (Å²) >= 11 is 2.13. The average molecular weight is 227 g/mol. The lowest BCUT2D eigenvalue weighted by atomic mass is 9.75. The van der Waals surface area contributed by atoms with E-state index in [0.717, 1.165) is 17.3 Å². The molecule has 0 radical (unpaired) electrons. The molecule has 0 spiro atoms. The highest BCUT2D eigenvalue weighted by Gasteiger charge is 2.31. The topological polar surface area (TPSA) is 12.0 Å². The number of nitrogens with one attached hydrogen (secondary N) is 1. The summed E-state index contributed by atoms with van der Waals surface area (Å²) in [4.78, 5) is 0. The lowest BCUT2D eigenvalue weighted by Gasteiger charge is -2.37. The zero-order valence-electron chi connectivity index (χ0n) is 10.4. The summed E-state index contributed by atoms with van der Waals surface area (Å²) in [7, 11) is 0. The van der Waals surface area contributed by atoms with E-state index in [0.29, 0.717) is 5.41 Å². The molecule has 3 unspecified atom stereocenters. The van der Waals surface area contributed by atoms with E-state index in [1.807, 2.05) is 0 Å². The van der Waals surface area contributed by atoms with Gasteiger partial charge in [0.15, 0.2) is 0 Å². The van der Waals surface area contributed by atoms with Crippen molar-refractivity contribution in [2.24, 2.45) is 5.41 Å². The number of thioether (sulfide) groups is 1. The highest BCUT2D eigenvalue weighted by molar-refractivity contribution is 8.00. The molecule has 1 aliphatic carbocycles. The Bertz CT molecular complexity index is 215. The van der Waals surface area contributed by atoms with Crippen LogP contribution in [0.15, 0.2) is 0 Å². The average Bonchev–Trinajstić information content (AvgIpc) is 2.50. The zero-order chi connectivity index (χ0) is 10.9. The molecule has 0 aromatic heterocycles. The predicted octanol–water partition coefficient (Wildman–Crippen LogP) is 3.44. The van der Waals surface area contributed by atoms with Gasteiger partial charge in [-0.25, -0.2) is 0 Å². The van der Waals surface area contributed by atoms with Gasteiger partial charge in [-0.3, -0.25) is 0 Å². The molecule has 2 heteroatoms. The van der Waals surface area contributed by atoms with E-state index in [1.165, 1.54) is 37.9 Å². The Morgan fingerprint density at radius 3 is 2.67 bits per heavy atom. The van der Waals surface area contributed by atoms with Crippen molar-refractivity contribution in [1.82, 2.24) is 5.32 Å². The van der Waals surface area contributed by atoms with E-state index in [9.17, 15) is 0 Å². The minimum absolute atomic E-state index is 0.574. The van der Waals surface area contributed by atoms with Gasteiger partial charge >= 0.3 is 0 Å². The lowest BCUT2D eigenvalue weighted by molar-refractivity contribution is 0.189. The second kappa shape index (κ2) is 4.67. The molecule has 2 aliphatic rings. The molecule has 0 bridgehead atoms. The maximum atomic E-state index is 3.90. The third kappa shape index (κ3) is 3.13. The van der Waals surface area contributed by atoms with Crippen LogP contribution >= 0.6 is 11.8 Å². The normalized spacial score (nSPS) is 40.6. The molecule has 1 aliphatic heterocycles. The van der Waals surface area contributed by atoms with E-state index in [2.05, 4.69) is 37.8 Å². The van der Waals surface area contributed by atoms with Crippen LogP contribution in [0.3, 0.4) is 0 Å². The van der Waals surface area contributed by atoms with Crippen molar-refractivity contribution in [3.05, 3.63) is 0 Å². The first-order valence-electron chi connectivity index (χ1n) is 6.44. The van der Waals surface area contributed by atoms with E-state index >= 15 is 0 Å². The van der Waals surface area contributed by atoms with Crippen LogP contribution in [-0.4, -0.2) is 23.1 Å². The van der Waals surface area contributed by atoms with Gasteiger partial charge in [-0.05, 0) is 36.9 Å². The van der Waals surface area contributed by atoms with E-state index < -0.39 is 0 Å². The number of rotatable bonds is 2. The van der Waals surface area contributed by atoms with Crippen molar-refractivity contribution < 1.29 is 0 Å². The molecule has 1 saturated carbocycles. The third-order valence-electron chi connectivity index (χ3n) is 4.03. The van der Waals surface area contributed by atoms with Crippen molar-refractivity contribution in [2.45, 2.75) is 70.2 Å². The first kappa shape index (κ1) is 11.8. The van der Waals surface area contributed by atoms with Gasteiger partial charge in [-0.2, -0.15) is 11.8 Å². The maximum absolute atomic E-state index is 3.90. The molecule has 0 aromatic carbocycles. The lowest BCUT2D eigenvalue weighted by Crippen LogP contribution is -2.45. The van der Waals surface area contributed by atoms with Gasteiger partial charge < -0.3 is 5.32 Å². The smallest absolute Gasteiger partial charge is 0.0194 e. The highest BCUT2D eigenvalue weighted by atomic mass is 32.2. The van der Waals surface area contributed by atoms with Crippen LogP contribution in [0.5, 0.6) is 0 Å². The molecule has 0 aromatic rings. The predicted molar refractivity (Wildman–Crippen MR) is 69.5 cm³/mol. The summed E-state index contributed by atoms with van der Waals surface area (Å²) in [5, 5.41) is 4.73. The fourth-order valence-corrected chi connectivity index (χ4v) is 4.30. The third-order valence-corrected chi connectivity index (χ3v) is 5.36. The number of hydrogen-bond donors (Lipinski definition) is 1. The summed E-state index contributed by atoms with van der Waals surface area (Å²) in [5.74, 6) is 1.36. The maximum Gasteiger partial charge on any atom is 0.0194 e. The fraction of sp³-hybridized carbons (Fsp3) is 1.00. The van der Waals surface area contributed by atoms with Crippen LogP contribution < -0.4 is 5.32 Å². The van der Waals surface area contributed by atoms with E-state index in [-0.39, 0.29) is 0 Å². The molecule has 1 heterocycles. The van der Waals surface area contributed by atoms with Gasteiger partial charge in [0.2, 0.25) is 0 Å². The number of hydrogen-bond acceptors (Lipinski definition) is 2. The van der Waals surface area contributed by atoms with Gasteiger partial charge in [0, 0.05) is 17.3 Å². The Labute approximate surface area is 98.8 Å². The molecule has 1 N–H and O–H groups in total. The van der Waals surface area contributed by atoms with Gasteiger partial charge in [0.25, 0.3) is 0 Å². The minimum Gasteiger partial charge on any atom is -0.310 e. The van der Waals surface area contributed by atoms with Crippen LogP contribution in [0, 0.1) is 5.41 Å². The standard InChI is InChI=1S/C13H25NS/c1-10-12(6-8-15-10)14-11-5-4-7-13(2,3)9-11/h10-12,14H,4-9H2,1-3H3. The highest BCUT2D eigenvalue weighted by Crippen LogP contribution is 2.36. The Balaban J connectivity index is 1.83. The van der Waals surface area contributed by atoms with Crippen molar-refractivity contribution in [1.29, 1.82) is 0 Å². The van der Waals surface area contributed by atoms with Crippen LogP contribution in [-0.2, 0) is 0 Å². The van der Waals surface area contributed by atoms with Gasteiger partial charge in [-0.15, -0.1) is 0 Å². The Morgan fingerprint density at radius 2 is 2.07 bits per heavy atom. The Morgan fingerprint density at radius 1 is 1.27 bits per heavy atom. The van der Waals surface area contributed by atoms with Crippen molar-refractivity contribution in [3.8, 4) is 0 Å². The van der Waals surface area contributed by atoms with E-state index in [4.69, 9.17) is 0 Å². The summed E-state index contributed by atoms with van der Waals surface area (Å²) in [6.45, 7) is 7.23. The molecule has 2 fully saturated rings. The molecular weight excluding hydrogens is 202 g/mol. The summed E-state index contributed by atoms with van der Waals surface area (Å²) in [6, 6.07) is 1.58. The van der Waals surface area contributed by atoms with Crippen molar-refractivity contribution in [3.63, 3.8) is 0 Å². The van der Waals surface area contributed by atoms with Crippen LogP contribution in [0.1, 0.15) is 52.9 Å². The minimum atomic E-state index is 0.574. The summed E-state index contributed by atoms with van der Waals surface area (Å²) < 4.78 is 0. The van der Waals surface area contributed by atoms with Gasteiger partial charge in [-0.1, -0.05) is 27.2 Å². The summed E-state index contributed by atoms with van der Waals surface area (Å²) in [6.07, 6.45) is 6.99. The molecule has 2 rings (SSSR count).